The van der Waals surface area contributed by atoms with E-state index >= 15 is 0 Å². The molecule has 6 nitrogen and oxygen atoms in total. The molecule has 0 atom stereocenters. The molecule has 0 aliphatic carbocycles. The molecule has 0 aliphatic heterocycles. The average Bonchev–Trinajstić information content (AvgIpc) is 2.88. The lowest BCUT2D eigenvalue weighted by Gasteiger charge is -1.99. The number of aromatic nitrogens is 1. The van der Waals surface area contributed by atoms with E-state index in [9.17, 15) is 13.2 Å². The number of carbonyl (C=O) groups is 1. The molecular weight excluding hydrogens is 304 g/mol. The van der Waals surface area contributed by atoms with Gasteiger partial charge in [-0.15, -0.1) is 0 Å². The monoisotopic (exact) mass is 314 g/mol. The summed E-state index contributed by atoms with van der Waals surface area (Å²) in [4.78, 5) is 11.7. The summed E-state index contributed by atoms with van der Waals surface area (Å²) < 4.78 is 26.5. The third-order valence-electron chi connectivity index (χ3n) is 2.43. The summed E-state index contributed by atoms with van der Waals surface area (Å²) in [5.41, 5.74) is 0.873. The van der Waals surface area contributed by atoms with Crippen molar-refractivity contribution in [2.75, 3.05) is 12.3 Å². The number of hydrogen-bond acceptors (Lipinski definition) is 5. The van der Waals surface area contributed by atoms with Gasteiger partial charge in [0.1, 0.15) is 0 Å². The van der Waals surface area contributed by atoms with Gasteiger partial charge in [0.25, 0.3) is 5.91 Å². The fourth-order valence-corrected chi connectivity index (χ4v) is 2.08. The molecule has 0 bridgehead atoms. The standard InChI is InChI=1S/C12H11ClN2O4S/c13-20(17,18)7-6-14-12(16)10-8-11(19-15-10)9-4-2-1-3-5-9/h1-5,8H,6-7H2,(H,14,16). The second kappa shape index (κ2) is 6.06. The van der Waals surface area contributed by atoms with E-state index in [2.05, 4.69) is 10.5 Å². The molecule has 0 radical (unpaired) electrons. The maximum atomic E-state index is 11.7. The molecule has 2 aromatic rings. The predicted molar refractivity (Wildman–Crippen MR) is 73.9 cm³/mol. The second-order valence-electron chi connectivity index (χ2n) is 3.94. The van der Waals surface area contributed by atoms with Crippen LogP contribution in [0.4, 0.5) is 0 Å². The van der Waals surface area contributed by atoms with Crippen LogP contribution >= 0.6 is 10.7 Å². The molecule has 8 heteroatoms. The lowest BCUT2D eigenvalue weighted by Crippen LogP contribution is -2.28. The summed E-state index contributed by atoms with van der Waals surface area (Å²) >= 11 is 0. The minimum Gasteiger partial charge on any atom is -0.355 e. The van der Waals surface area contributed by atoms with Gasteiger partial charge in [0.05, 0.1) is 5.75 Å². The largest absolute Gasteiger partial charge is 0.355 e. The first kappa shape index (κ1) is 14.5. The molecule has 0 aliphatic rings. The Balaban J connectivity index is 2.00. The Hall–Kier alpha value is -1.86. The van der Waals surface area contributed by atoms with Gasteiger partial charge in [0.15, 0.2) is 11.5 Å². The number of rotatable bonds is 5. The van der Waals surface area contributed by atoms with Crippen molar-refractivity contribution < 1.29 is 17.7 Å². The predicted octanol–water partition coefficient (Wildman–Crippen LogP) is 1.64. The van der Waals surface area contributed by atoms with Gasteiger partial charge < -0.3 is 9.84 Å². The van der Waals surface area contributed by atoms with Crippen molar-refractivity contribution in [3.05, 3.63) is 42.1 Å². The Kier molecular flexibility index (Phi) is 4.41. The highest BCUT2D eigenvalue weighted by atomic mass is 35.7. The van der Waals surface area contributed by atoms with Gasteiger partial charge in [0.2, 0.25) is 9.05 Å². The first-order valence-electron chi connectivity index (χ1n) is 5.68. The fourth-order valence-electron chi connectivity index (χ4n) is 1.50. The summed E-state index contributed by atoms with van der Waals surface area (Å²) in [5.74, 6) is -0.402. The van der Waals surface area contributed by atoms with Crippen molar-refractivity contribution in [3.8, 4) is 11.3 Å². The highest BCUT2D eigenvalue weighted by molar-refractivity contribution is 8.13. The van der Waals surface area contributed by atoms with Gasteiger partial charge in [-0.25, -0.2) is 8.42 Å². The zero-order valence-electron chi connectivity index (χ0n) is 10.2. The molecule has 106 valence electrons. The van der Waals surface area contributed by atoms with Crippen LogP contribution in [0, 0.1) is 0 Å². The molecule has 0 saturated heterocycles. The van der Waals surface area contributed by atoms with Crippen molar-refractivity contribution >= 4 is 25.6 Å². The molecule has 0 unspecified atom stereocenters. The van der Waals surface area contributed by atoms with Gasteiger partial charge in [-0.3, -0.25) is 4.79 Å². The van der Waals surface area contributed by atoms with E-state index < -0.39 is 15.0 Å². The number of nitrogens with one attached hydrogen (secondary N) is 1. The van der Waals surface area contributed by atoms with Gasteiger partial charge >= 0.3 is 0 Å². The Morgan fingerprint density at radius 3 is 2.65 bits per heavy atom. The Morgan fingerprint density at radius 2 is 2.00 bits per heavy atom. The van der Waals surface area contributed by atoms with E-state index in [0.717, 1.165) is 5.56 Å². The number of halogens is 1. The summed E-state index contributed by atoms with van der Waals surface area (Å²) in [5, 5.41) is 6.03. The number of carbonyl (C=O) groups excluding carboxylic acids is 1. The van der Waals surface area contributed by atoms with Crippen LogP contribution in [-0.4, -0.2) is 31.8 Å². The molecular formula is C12H11ClN2O4S. The molecule has 1 aromatic heterocycles. The second-order valence-corrected chi connectivity index (χ2v) is 6.84. The first-order valence-corrected chi connectivity index (χ1v) is 8.16. The normalized spacial score (nSPS) is 11.2. The molecule has 1 amide bonds. The molecule has 0 fully saturated rings. The maximum absolute atomic E-state index is 11.7. The minimum absolute atomic E-state index is 0.0795. The summed E-state index contributed by atoms with van der Waals surface area (Å²) in [6, 6.07) is 10.7. The van der Waals surface area contributed by atoms with Gasteiger partial charge in [-0.1, -0.05) is 35.5 Å². The third kappa shape index (κ3) is 4.07. The van der Waals surface area contributed by atoms with Crippen LogP contribution in [0.25, 0.3) is 11.3 Å². The number of benzene rings is 1. The Bertz CT molecular complexity index is 697. The first-order chi connectivity index (χ1) is 9.46. The summed E-state index contributed by atoms with van der Waals surface area (Å²) in [6.07, 6.45) is 0. The summed E-state index contributed by atoms with van der Waals surface area (Å²) in [7, 11) is 1.41. The van der Waals surface area contributed by atoms with E-state index in [1.165, 1.54) is 6.07 Å². The zero-order chi connectivity index (χ0) is 14.6. The molecule has 1 heterocycles. The lowest BCUT2D eigenvalue weighted by atomic mass is 10.1. The van der Waals surface area contributed by atoms with Crippen molar-refractivity contribution in [2.24, 2.45) is 0 Å². The number of amides is 1. The van der Waals surface area contributed by atoms with E-state index in [1.54, 1.807) is 0 Å². The molecule has 1 N–H and O–H groups in total. The van der Waals surface area contributed by atoms with Crippen LogP contribution in [-0.2, 0) is 9.05 Å². The topological polar surface area (TPSA) is 89.3 Å². The molecule has 0 spiro atoms. The Labute approximate surface area is 120 Å². The van der Waals surface area contributed by atoms with Gasteiger partial charge in [0, 0.05) is 28.9 Å². The van der Waals surface area contributed by atoms with Crippen LogP contribution in [0.5, 0.6) is 0 Å². The maximum Gasteiger partial charge on any atom is 0.273 e. The summed E-state index contributed by atoms with van der Waals surface area (Å²) in [6.45, 7) is -0.0851. The van der Waals surface area contributed by atoms with Crippen molar-refractivity contribution in [2.45, 2.75) is 0 Å². The van der Waals surface area contributed by atoms with Crippen molar-refractivity contribution in [1.29, 1.82) is 0 Å². The van der Waals surface area contributed by atoms with E-state index in [-0.39, 0.29) is 18.0 Å². The molecule has 0 saturated carbocycles. The fraction of sp³-hybridized carbons (Fsp3) is 0.167. The van der Waals surface area contributed by atoms with Crippen LogP contribution in [0.2, 0.25) is 0 Å². The van der Waals surface area contributed by atoms with E-state index in [1.807, 2.05) is 30.3 Å². The number of hydrogen-bond donors (Lipinski definition) is 1. The number of nitrogens with zero attached hydrogens (tertiary/aromatic N) is 1. The highest BCUT2D eigenvalue weighted by Crippen LogP contribution is 2.19. The average molecular weight is 315 g/mol. The van der Waals surface area contributed by atoms with Gasteiger partial charge in [-0.05, 0) is 0 Å². The van der Waals surface area contributed by atoms with Crippen LogP contribution < -0.4 is 5.32 Å². The minimum atomic E-state index is -3.63. The smallest absolute Gasteiger partial charge is 0.273 e. The SMILES string of the molecule is O=C(NCCS(=O)(=O)Cl)c1cc(-c2ccccc2)on1. The van der Waals surface area contributed by atoms with E-state index in [4.69, 9.17) is 15.2 Å². The molecule has 1 aromatic carbocycles. The van der Waals surface area contributed by atoms with Crippen molar-refractivity contribution in [1.82, 2.24) is 10.5 Å². The van der Waals surface area contributed by atoms with Crippen LogP contribution in [0.1, 0.15) is 10.5 Å². The van der Waals surface area contributed by atoms with Crippen LogP contribution in [0.15, 0.2) is 40.9 Å². The quantitative estimate of drug-likeness (QED) is 0.847. The van der Waals surface area contributed by atoms with Crippen LogP contribution in [0.3, 0.4) is 0 Å². The third-order valence-corrected chi connectivity index (χ3v) is 3.59. The van der Waals surface area contributed by atoms with E-state index in [0.29, 0.717) is 5.76 Å². The van der Waals surface area contributed by atoms with Crippen molar-refractivity contribution in [3.63, 3.8) is 0 Å². The highest BCUT2D eigenvalue weighted by Gasteiger charge is 2.14. The molecule has 2 rings (SSSR count). The van der Waals surface area contributed by atoms with Gasteiger partial charge in [-0.2, -0.15) is 0 Å². The molecule has 20 heavy (non-hydrogen) atoms. The Morgan fingerprint density at radius 1 is 1.30 bits per heavy atom. The lowest BCUT2D eigenvalue weighted by molar-refractivity contribution is 0.0947. The zero-order valence-corrected chi connectivity index (χ0v) is 11.8.